The number of hydrogen-bond donors (Lipinski definition) is 0. The number of carbonyl (C=O) groups excluding carboxylic acids is 2. The lowest BCUT2D eigenvalue weighted by molar-refractivity contribution is -0.157. The highest BCUT2D eigenvalue weighted by molar-refractivity contribution is 5.96. The zero-order chi connectivity index (χ0) is 19.7. The zero-order valence-corrected chi connectivity index (χ0v) is 16.7. The van der Waals surface area contributed by atoms with E-state index in [1.165, 1.54) is 0 Å². The van der Waals surface area contributed by atoms with E-state index in [-0.39, 0.29) is 24.0 Å². The van der Waals surface area contributed by atoms with Crippen molar-refractivity contribution in [2.45, 2.75) is 51.6 Å². The number of morpholine rings is 1. The van der Waals surface area contributed by atoms with Crippen molar-refractivity contribution >= 4 is 17.7 Å². The Labute approximate surface area is 166 Å². The van der Waals surface area contributed by atoms with Gasteiger partial charge in [-0.1, -0.05) is 6.92 Å². The van der Waals surface area contributed by atoms with Gasteiger partial charge in [0, 0.05) is 31.4 Å². The molecule has 3 saturated heterocycles. The van der Waals surface area contributed by atoms with Gasteiger partial charge in [-0.25, -0.2) is 4.98 Å². The SMILES string of the molecule is CCOC(=O)[C@@]1(CC)C[C@H]2CC[C@@H]1N2C(=O)c1ccc(N2CCOCC2)nc1. The Bertz CT molecular complexity index is 732. The largest absolute Gasteiger partial charge is 0.466 e. The fourth-order valence-corrected chi connectivity index (χ4v) is 5.15. The van der Waals surface area contributed by atoms with Crippen LogP contribution in [0, 0.1) is 5.41 Å². The van der Waals surface area contributed by atoms with Gasteiger partial charge in [0.25, 0.3) is 5.91 Å². The normalized spacial score (nSPS) is 29.2. The molecular weight excluding hydrogens is 358 g/mol. The second-order valence-electron chi connectivity index (χ2n) is 7.90. The van der Waals surface area contributed by atoms with Gasteiger partial charge in [0.05, 0.1) is 30.8 Å². The number of aromatic nitrogens is 1. The Balaban J connectivity index is 1.52. The molecule has 3 aliphatic heterocycles. The Morgan fingerprint density at radius 2 is 2.04 bits per heavy atom. The van der Waals surface area contributed by atoms with Gasteiger partial charge in [-0.3, -0.25) is 9.59 Å². The average Bonchev–Trinajstić information content (AvgIpc) is 3.30. The van der Waals surface area contributed by atoms with Gasteiger partial charge in [0.15, 0.2) is 0 Å². The van der Waals surface area contributed by atoms with Crippen molar-refractivity contribution < 1.29 is 19.1 Å². The molecule has 152 valence electrons. The summed E-state index contributed by atoms with van der Waals surface area (Å²) in [5.41, 5.74) is 0.0279. The first-order valence-electron chi connectivity index (χ1n) is 10.4. The van der Waals surface area contributed by atoms with Crippen LogP contribution in [0.5, 0.6) is 0 Å². The highest BCUT2D eigenvalue weighted by Crippen LogP contribution is 2.52. The average molecular weight is 387 g/mol. The summed E-state index contributed by atoms with van der Waals surface area (Å²) in [5, 5.41) is 0. The molecule has 2 bridgehead atoms. The van der Waals surface area contributed by atoms with Crippen LogP contribution in [0.25, 0.3) is 0 Å². The van der Waals surface area contributed by atoms with E-state index in [9.17, 15) is 9.59 Å². The van der Waals surface area contributed by atoms with E-state index < -0.39 is 5.41 Å². The summed E-state index contributed by atoms with van der Waals surface area (Å²) in [7, 11) is 0. The fraction of sp³-hybridized carbons (Fsp3) is 0.667. The monoisotopic (exact) mass is 387 g/mol. The van der Waals surface area contributed by atoms with Crippen LogP contribution in [-0.4, -0.2) is 66.8 Å². The van der Waals surface area contributed by atoms with E-state index in [1.54, 1.807) is 6.20 Å². The lowest BCUT2D eigenvalue weighted by atomic mass is 9.72. The van der Waals surface area contributed by atoms with Gasteiger partial charge in [0.1, 0.15) is 5.82 Å². The molecule has 0 unspecified atom stereocenters. The summed E-state index contributed by atoms with van der Waals surface area (Å²) >= 11 is 0. The molecule has 1 aromatic rings. The van der Waals surface area contributed by atoms with Crippen molar-refractivity contribution in [2.24, 2.45) is 5.41 Å². The van der Waals surface area contributed by atoms with Gasteiger partial charge in [-0.2, -0.15) is 0 Å². The molecule has 0 spiro atoms. The van der Waals surface area contributed by atoms with Crippen LogP contribution in [0.3, 0.4) is 0 Å². The molecule has 0 saturated carbocycles. The second kappa shape index (κ2) is 7.70. The summed E-state index contributed by atoms with van der Waals surface area (Å²) < 4.78 is 10.8. The summed E-state index contributed by atoms with van der Waals surface area (Å²) in [6.07, 6.45) is 4.89. The highest BCUT2D eigenvalue weighted by Gasteiger charge is 2.61. The number of pyridine rings is 1. The van der Waals surface area contributed by atoms with Crippen LogP contribution in [0.2, 0.25) is 0 Å². The van der Waals surface area contributed by atoms with Crippen molar-refractivity contribution in [3.05, 3.63) is 23.9 Å². The Morgan fingerprint density at radius 3 is 2.68 bits per heavy atom. The molecule has 4 rings (SSSR count). The van der Waals surface area contributed by atoms with Crippen molar-refractivity contribution in [1.82, 2.24) is 9.88 Å². The summed E-state index contributed by atoms with van der Waals surface area (Å²) in [5.74, 6) is 0.704. The van der Waals surface area contributed by atoms with E-state index in [0.717, 1.165) is 31.7 Å². The molecule has 0 radical (unpaired) electrons. The number of hydrogen-bond acceptors (Lipinski definition) is 6. The minimum Gasteiger partial charge on any atom is -0.466 e. The highest BCUT2D eigenvalue weighted by atomic mass is 16.5. The molecule has 0 N–H and O–H groups in total. The van der Waals surface area contributed by atoms with Gasteiger partial charge in [-0.05, 0) is 44.7 Å². The third-order valence-corrected chi connectivity index (χ3v) is 6.62. The third kappa shape index (κ3) is 3.05. The van der Waals surface area contributed by atoms with E-state index >= 15 is 0 Å². The Morgan fingerprint density at radius 1 is 1.25 bits per heavy atom. The summed E-state index contributed by atoms with van der Waals surface area (Å²) in [4.78, 5) is 34.6. The van der Waals surface area contributed by atoms with E-state index in [2.05, 4.69) is 9.88 Å². The predicted octanol–water partition coefficient (Wildman–Crippen LogP) is 2.25. The summed E-state index contributed by atoms with van der Waals surface area (Å²) in [6, 6.07) is 3.80. The van der Waals surface area contributed by atoms with Crippen LogP contribution in [-0.2, 0) is 14.3 Å². The molecule has 7 heteroatoms. The van der Waals surface area contributed by atoms with Gasteiger partial charge in [-0.15, -0.1) is 0 Å². The number of ether oxygens (including phenoxy) is 2. The number of fused-ring (bicyclic) bond motifs is 2. The quantitative estimate of drug-likeness (QED) is 0.722. The number of rotatable bonds is 5. The maximum absolute atomic E-state index is 13.3. The van der Waals surface area contributed by atoms with Crippen molar-refractivity contribution in [3.63, 3.8) is 0 Å². The lowest BCUT2D eigenvalue weighted by Crippen LogP contribution is -2.45. The van der Waals surface area contributed by atoms with Crippen LogP contribution >= 0.6 is 0 Å². The van der Waals surface area contributed by atoms with Crippen LogP contribution in [0.1, 0.15) is 49.9 Å². The molecule has 1 aromatic heterocycles. The molecule has 7 nitrogen and oxygen atoms in total. The van der Waals surface area contributed by atoms with Gasteiger partial charge in [0.2, 0.25) is 0 Å². The minimum atomic E-state index is -0.560. The maximum atomic E-state index is 13.3. The lowest BCUT2D eigenvalue weighted by Gasteiger charge is -2.34. The predicted molar refractivity (Wildman–Crippen MR) is 104 cm³/mol. The molecule has 4 heterocycles. The second-order valence-corrected chi connectivity index (χ2v) is 7.90. The molecule has 28 heavy (non-hydrogen) atoms. The third-order valence-electron chi connectivity index (χ3n) is 6.62. The van der Waals surface area contributed by atoms with Crippen molar-refractivity contribution in [2.75, 3.05) is 37.8 Å². The van der Waals surface area contributed by atoms with Crippen LogP contribution in [0.15, 0.2) is 18.3 Å². The number of anilines is 1. The Kier molecular flexibility index (Phi) is 5.27. The summed E-state index contributed by atoms with van der Waals surface area (Å²) in [6.45, 7) is 7.26. The molecule has 3 atom stereocenters. The van der Waals surface area contributed by atoms with Crippen molar-refractivity contribution in [3.8, 4) is 0 Å². The number of nitrogens with zero attached hydrogens (tertiary/aromatic N) is 3. The van der Waals surface area contributed by atoms with E-state index in [4.69, 9.17) is 9.47 Å². The zero-order valence-electron chi connectivity index (χ0n) is 16.7. The molecule has 0 aromatic carbocycles. The minimum absolute atomic E-state index is 0.0202. The standard InChI is InChI=1S/C21H29N3O4/c1-3-21(20(26)28-4-2)13-16-6-7-17(21)24(16)19(25)15-5-8-18(22-14-15)23-9-11-27-12-10-23/h5,8,14,16-17H,3-4,6-7,9-13H2,1-2H3/t16-,17+,21+/m1/s1. The molecular formula is C21H29N3O4. The first kappa shape index (κ1) is 19.2. The molecule has 3 aliphatic rings. The first-order chi connectivity index (χ1) is 13.6. The Hall–Kier alpha value is -2.15. The molecule has 1 amide bonds. The smallest absolute Gasteiger partial charge is 0.314 e. The first-order valence-corrected chi connectivity index (χ1v) is 10.4. The topological polar surface area (TPSA) is 72.0 Å². The fourth-order valence-electron chi connectivity index (χ4n) is 5.15. The number of esters is 1. The van der Waals surface area contributed by atoms with Crippen molar-refractivity contribution in [1.29, 1.82) is 0 Å². The molecule has 3 fully saturated rings. The molecule has 0 aliphatic carbocycles. The van der Waals surface area contributed by atoms with E-state index in [0.29, 0.717) is 38.2 Å². The van der Waals surface area contributed by atoms with Crippen LogP contribution in [0.4, 0.5) is 5.82 Å². The van der Waals surface area contributed by atoms with Gasteiger partial charge >= 0.3 is 5.97 Å². The van der Waals surface area contributed by atoms with Gasteiger partial charge < -0.3 is 19.3 Å². The van der Waals surface area contributed by atoms with E-state index in [1.807, 2.05) is 30.9 Å². The maximum Gasteiger partial charge on any atom is 0.314 e. The number of amides is 1. The number of carbonyl (C=O) groups is 2. The van der Waals surface area contributed by atoms with Crippen LogP contribution < -0.4 is 4.90 Å².